The molecule has 0 bridgehead atoms. The van der Waals surface area contributed by atoms with Crippen LogP contribution in [0.15, 0.2) is 24.5 Å². The van der Waals surface area contributed by atoms with Crippen molar-refractivity contribution in [3.63, 3.8) is 0 Å². The summed E-state index contributed by atoms with van der Waals surface area (Å²) >= 11 is 0. The molecule has 0 aliphatic carbocycles. The Morgan fingerprint density at radius 3 is 2.82 bits per heavy atom. The largest absolute Gasteiger partial charge is 0.271 e. The smallest absolute Gasteiger partial charge is 0.0299 e. The first-order valence-corrected chi connectivity index (χ1v) is 6.71. The van der Waals surface area contributed by atoms with Gasteiger partial charge in [-0.25, -0.2) is 0 Å². The molecule has 1 aromatic rings. The van der Waals surface area contributed by atoms with E-state index in [9.17, 15) is 0 Å². The van der Waals surface area contributed by atoms with Gasteiger partial charge in [0.05, 0.1) is 0 Å². The number of hydrazine groups is 1. The normalized spacial score (nSPS) is 12.6. The van der Waals surface area contributed by atoms with Crippen molar-refractivity contribution < 1.29 is 0 Å². The van der Waals surface area contributed by atoms with Gasteiger partial charge in [-0.3, -0.25) is 16.3 Å². The van der Waals surface area contributed by atoms with E-state index >= 15 is 0 Å². The van der Waals surface area contributed by atoms with Gasteiger partial charge in [-0.05, 0) is 30.9 Å². The first-order chi connectivity index (χ1) is 8.36. The first-order valence-electron chi connectivity index (χ1n) is 6.71. The van der Waals surface area contributed by atoms with Crippen LogP contribution in [-0.4, -0.2) is 11.0 Å². The molecule has 3 N–H and O–H groups in total. The molecule has 3 heteroatoms. The van der Waals surface area contributed by atoms with Crippen LogP contribution in [0.3, 0.4) is 0 Å². The lowest BCUT2D eigenvalue weighted by Gasteiger charge is -2.15. The summed E-state index contributed by atoms with van der Waals surface area (Å²) in [5.41, 5.74) is 4.22. The summed E-state index contributed by atoms with van der Waals surface area (Å²) in [5.74, 6) is 5.59. The molecule has 96 valence electrons. The number of pyridine rings is 1. The summed E-state index contributed by atoms with van der Waals surface area (Å²) in [7, 11) is 0. The Bertz CT molecular complexity index is 274. The van der Waals surface area contributed by atoms with Crippen LogP contribution in [0.2, 0.25) is 0 Å². The highest BCUT2D eigenvalue weighted by molar-refractivity contribution is 5.08. The second-order valence-electron chi connectivity index (χ2n) is 4.61. The molecular weight excluding hydrogens is 210 g/mol. The maximum atomic E-state index is 5.59. The summed E-state index contributed by atoms with van der Waals surface area (Å²) in [4.78, 5) is 4.12. The average Bonchev–Trinajstić information content (AvgIpc) is 2.39. The van der Waals surface area contributed by atoms with Gasteiger partial charge in [-0.15, -0.1) is 0 Å². The number of nitrogens with one attached hydrogen (secondary N) is 1. The zero-order valence-corrected chi connectivity index (χ0v) is 10.9. The molecule has 0 spiro atoms. The van der Waals surface area contributed by atoms with Crippen molar-refractivity contribution in [2.75, 3.05) is 0 Å². The Kier molecular flexibility index (Phi) is 7.60. The van der Waals surface area contributed by atoms with E-state index in [1.807, 2.05) is 18.5 Å². The summed E-state index contributed by atoms with van der Waals surface area (Å²) in [6, 6.07) is 4.55. The van der Waals surface area contributed by atoms with Crippen molar-refractivity contribution in [2.24, 2.45) is 5.84 Å². The fraction of sp³-hybridized carbons (Fsp3) is 0.643. The van der Waals surface area contributed by atoms with Crippen molar-refractivity contribution in [1.29, 1.82) is 0 Å². The minimum Gasteiger partial charge on any atom is -0.271 e. The summed E-state index contributed by atoms with van der Waals surface area (Å²) in [6.45, 7) is 2.24. The lowest BCUT2D eigenvalue weighted by molar-refractivity contribution is 0.441. The second-order valence-corrected chi connectivity index (χ2v) is 4.61. The number of nitrogens with two attached hydrogens (primary N) is 1. The average molecular weight is 235 g/mol. The molecule has 0 fully saturated rings. The van der Waals surface area contributed by atoms with Gasteiger partial charge in [0.25, 0.3) is 0 Å². The van der Waals surface area contributed by atoms with Gasteiger partial charge in [-0.2, -0.15) is 0 Å². The molecule has 3 nitrogen and oxygen atoms in total. The minimum absolute atomic E-state index is 0.437. The number of aryl methyl sites for hydroxylation is 1. The number of hydrogen-bond acceptors (Lipinski definition) is 3. The minimum atomic E-state index is 0.437. The highest BCUT2D eigenvalue weighted by Gasteiger charge is 2.06. The van der Waals surface area contributed by atoms with Crippen LogP contribution >= 0.6 is 0 Å². The fourth-order valence-corrected chi connectivity index (χ4v) is 2.02. The Morgan fingerprint density at radius 1 is 1.29 bits per heavy atom. The highest BCUT2D eigenvalue weighted by Crippen LogP contribution is 2.10. The van der Waals surface area contributed by atoms with Crippen LogP contribution in [0.4, 0.5) is 0 Å². The Hall–Kier alpha value is -0.930. The van der Waals surface area contributed by atoms with E-state index in [0.29, 0.717) is 6.04 Å². The first kappa shape index (κ1) is 14.1. The van der Waals surface area contributed by atoms with E-state index in [0.717, 1.165) is 12.8 Å². The Morgan fingerprint density at radius 2 is 2.18 bits per heavy atom. The lowest BCUT2D eigenvalue weighted by Crippen LogP contribution is -2.35. The van der Waals surface area contributed by atoms with Gasteiger partial charge >= 0.3 is 0 Å². The number of rotatable bonds is 9. The van der Waals surface area contributed by atoms with Crippen LogP contribution in [0.1, 0.15) is 51.0 Å². The van der Waals surface area contributed by atoms with Gasteiger partial charge in [-0.1, -0.05) is 38.7 Å². The van der Waals surface area contributed by atoms with Gasteiger partial charge in [0.2, 0.25) is 0 Å². The van der Waals surface area contributed by atoms with Crippen molar-refractivity contribution in [1.82, 2.24) is 10.4 Å². The molecular formula is C14H25N3. The molecule has 0 aliphatic rings. The number of unbranched alkanes of at least 4 members (excludes halogenated alkanes) is 3. The van der Waals surface area contributed by atoms with Crippen LogP contribution in [0.5, 0.6) is 0 Å². The quantitative estimate of drug-likeness (QED) is 0.393. The van der Waals surface area contributed by atoms with Crippen LogP contribution in [0.25, 0.3) is 0 Å². The third-order valence-corrected chi connectivity index (χ3v) is 3.15. The molecule has 0 aromatic carbocycles. The number of hydrogen-bond donors (Lipinski definition) is 2. The van der Waals surface area contributed by atoms with Gasteiger partial charge in [0.1, 0.15) is 0 Å². The summed E-state index contributed by atoms with van der Waals surface area (Å²) < 4.78 is 0. The highest BCUT2D eigenvalue weighted by atomic mass is 15.2. The molecule has 0 aliphatic heterocycles. The molecule has 1 rings (SSSR count). The van der Waals surface area contributed by atoms with Crippen molar-refractivity contribution >= 4 is 0 Å². The third-order valence-electron chi connectivity index (χ3n) is 3.15. The standard InChI is InChI=1S/C14H25N3/c1-2-3-4-5-8-14(17-15)10-9-13-7-6-11-16-12-13/h6-7,11-12,14,17H,2-5,8-10,15H2,1H3. The van der Waals surface area contributed by atoms with Gasteiger partial charge in [0.15, 0.2) is 0 Å². The van der Waals surface area contributed by atoms with Gasteiger partial charge in [0, 0.05) is 18.4 Å². The van der Waals surface area contributed by atoms with Crippen LogP contribution in [-0.2, 0) is 6.42 Å². The van der Waals surface area contributed by atoms with E-state index in [4.69, 9.17) is 5.84 Å². The van der Waals surface area contributed by atoms with Crippen LogP contribution < -0.4 is 11.3 Å². The Balaban J connectivity index is 2.18. The number of nitrogens with zero attached hydrogens (tertiary/aromatic N) is 1. The molecule has 1 heterocycles. The molecule has 1 unspecified atom stereocenters. The molecule has 17 heavy (non-hydrogen) atoms. The van der Waals surface area contributed by atoms with Crippen molar-refractivity contribution in [2.45, 2.75) is 57.9 Å². The Labute approximate surface area is 105 Å². The topological polar surface area (TPSA) is 50.9 Å². The maximum absolute atomic E-state index is 5.59. The van der Waals surface area contributed by atoms with Gasteiger partial charge < -0.3 is 0 Å². The molecule has 0 saturated carbocycles. The lowest BCUT2D eigenvalue weighted by atomic mass is 10.0. The summed E-state index contributed by atoms with van der Waals surface area (Å²) in [6.07, 6.45) is 12.3. The molecule has 1 aromatic heterocycles. The third kappa shape index (κ3) is 6.39. The van der Waals surface area contributed by atoms with Crippen molar-refractivity contribution in [3.8, 4) is 0 Å². The molecule has 0 saturated heterocycles. The van der Waals surface area contributed by atoms with E-state index in [1.54, 1.807) is 0 Å². The van der Waals surface area contributed by atoms with Crippen molar-refractivity contribution in [3.05, 3.63) is 30.1 Å². The molecule has 0 amide bonds. The second kappa shape index (κ2) is 9.14. The predicted octanol–water partition coefficient (Wildman–Crippen LogP) is 2.82. The van der Waals surface area contributed by atoms with Crippen LogP contribution in [0, 0.1) is 0 Å². The fourth-order valence-electron chi connectivity index (χ4n) is 2.02. The maximum Gasteiger partial charge on any atom is 0.0299 e. The van der Waals surface area contributed by atoms with E-state index in [1.165, 1.54) is 37.7 Å². The van der Waals surface area contributed by atoms with E-state index in [2.05, 4.69) is 23.4 Å². The van der Waals surface area contributed by atoms with E-state index < -0.39 is 0 Å². The monoisotopic (exact) mass is 235 g/mol. The zero-order chi connectivity index (χ0) is 12.3. The molecule has 0 radical (unpaired) electrons. The zero-order valence-electron chi connectivity index (χ0n) is 10.9. The SMILES string of the molecule is CCCCCCC(CCc1cccnc1)NN. The summed E-state index contributed by atoms with van der Waals surface area (Å²) in [5, 5.41) is 0. The number of aromatic nitrogens is 1. The van der Waals surface area contributed by atoms with E-state index in [-0.39, 0.29) is 0 Å². The molecule has 1 atom stereocenters. The predicted molar refractivity (Wildman–Crippen MR) is 72.4 cm³/mol.